The maximum Gasteiger partial charge on any atom is 0.200 e. The molecule has 0 N–H and O–H groups in total. The predicted octanol–water partition coefficient (Wildman–Crippen LogP) is 2.86. The second-order valence-corrected chi connectivity index (χ2v) is 4.09. The molecule has 2 heterocycles. The van der Waals surface area contributed by atoms with E-state index < -0.39 is 0 Å². The van der Waals surface area contributed by atoms with Crippen molar-refractivity contribution >= 4 is 23.2 Å². The first kappa shape index (κ1) is 11.2. The fourth-order valence-corrected chi connectivity index (χ4v) is 1.74. The van der Waals surface area contributed by atoms with Crippen LogP contribution in [0, 0.1) is 13.8 Å². The zero-order chi connectivity index (χ0) is 11.7. The maximum absolute atomic E-state index is 5.79. The largest absolute Gasteiger partial charge is 0.231 e. The van der Waals surface area contributed by atoms with Gasteiger partial charge < -0.3 is 0 Å². The van der Waals surface area contributed by atoms with Gasteiger partial charge in [-0.1, -0.05) is 23.2 Å². The fraction of sp³-hybridized carbons (Fsp3) is 0.200. The number of hydrogen-bond donors (Lipinski definition) is 0. The molecule has 2 aromatic rings. The molecule has 0 aliphatic heterocycles. The Morgan fingerprint density at radius 3 is 1.69 bits per heavy atom. The van der Waals surface area contributed by atoms with Gasteiger partial charge in [-0.2, -0.15) is 0 Å². The van der Waals surface area contributed by atoms with E-state index in [0.717, 1.165) is 11.4 Å². The third-order valence-electron chi connectivity index (χ3n) is 1.85. The van der Waals surface area contributed by atoms with Crippen LogP contribution in [0.2, 0.25) is 10.3 Å². The van der Waals surface area contributed by atoms with Gasteiger partial charge in [-0.05, 0) is 19.9 Å². The molecule has 82 valence electrons. The highest BCUT2D eigenvalue weighted by molar-refractivity contribution is 6.33. The van der Waals surface area contributed by atoms with E-state index in [4.69, 9.17) is 23.2 Å². The van der Waals surface area contributed by atoms with Gasteiger partial charge in [0, 0.05) is 17.5 Å². The monoisotopic (exact) mass is 254 g/mol. The van der Waals surface area contributed by atoms with Crippen molar-refractivity contribution in [3.8, 4) is 11.6 Å². The number of nitrogens with zero attached hydrogens (tertiary/aromatic N) is 4. The highest BCUT2D eigenvalue weighted by atomic mass is 35.5. The lowest BCUT2D eigenvalue weighted by Gasteiger charge is -2.02. The third kappa shape index (κ3) is 2.46. The lowest BCUT2D eigenvalue weighted by Crippen LogP contribution is -1.99. The van der Waals surface area contributed by atoms with Crippen molar-refractivity contribution in [2.45, 2.75) is 13.8 Å². The zero-order valence-electron chi connectivity index (χ0n) is 8.70. The molecule has 0 atom stereocenters. The molecule has 0 unspecified atom stereocenters. The van der Waals surface area contributed by atoms with Crippen molar-refractivity contribution in [3.63, 3.8) is 0 Å². The molecule has 0 saturated carbocycles. The zero-order valence-corrected chi connectivity index (χ0v) is 10.2. The number of rotatable bonds is 1. The van der Waals surface area contributed by atoms with E-state index in [1.807, 2.05) is 19.9 Å². The molecular weight excluding hydrogens is 247 g/mol. The third-order valence-corrected chi connectivity index (χ3v) is 2.23. The number of aryl methyl sites for hydroxylation is 2. The molecule has 2 aromatic heterocycles. The van der Waals surface area contributed by atoms with E-state index in [9.17, 15) is 0 Å². The van der Waals surface area contributed by atoms with Crippen LogP contribution < -0.4 is 0 Å². The molecule has 6 heteroatoms. The molecule has 0 radical (unpaired) electrons. The van der Waals surface area contributed by atoms with Crippen molar-refractivity contribution in [2.24, 2.45) is 0 Å². The van der Waals surface area contributed by atoms with Crippen molar-refractivity contribution in [3.05, 3.63) is 33.8 Å². The Morgan fingerprint density at radius 2 is 1.19 bits per heavy atom. The van der Waals surface area contributed by atoms with Crippen LogP contribution in [0.4, 0.5) is 0 Å². The van der Waals surface area contributed by atoms with Crippen LogP contribution in [0.3, 0.4) is 0 Å². The topological polar surface area (TPSA) is 51.6 Å². The number of halogens is 2. The highest BCUT2D eigenvalue weighted by Gasteiger charge is 2.08. The molecule has 16 heavy (non-hydrogen) atoms. The average molecular weight is 255 g/mol. The van der Waals surface area contributed by atoms with Crippen molar-refractivity contribution in [1.82, 2.24) is 19.9 Å². The number of aromatic nitrogens is 4. The smallest absolute Gasteiger partial charge is 0.200 e. The Hall–Kier alpha value is -1.26. The molecular formula is C10H8Cl2N4. The van der Waals surface area contributed by atoms with Crippen LogP contribution in [0.15, 0.2) is 12.1 Å². The Labute approximate surface area is 103 Å². The van der Waals surface area contributed by atoms with Crippen molar-refractivity contribution in [2.75, 3.05) is 0 Å². The molecule has 0 aliphatic carbocycles. The summed E-state index contributed by atoms with van der Waals surface area (Å²) < 4.78 is 0. The van der Waals surface area contributed by atoms with Crippen molar-refractivity contribution in [1.29, 1.82) is 0 Å². The van der Waals surface area contributed by atoms with Crippen LogP contribution in [-0.4, -0.2) is 19.9 Å². The molecule has 4 nitrogen and oxygen atoms in total. The molecule has 0 aromatic carbocycles. The normalized spacial score (nSPS) is 10.5. The van der Waals surface area contributed by atoms with Gasteiger partial charge in [0.1, 0.15) is 10.3 Å². The lowest BCUT2D eigenvalue weighted by atomic mass is 10.3. The second kappa shape index (κ2) is 4.31. The van der Waals surface area contributed by atoms with Gasteiger partial charge >= 0.3 is 0 Å². The first-order valence-electron chi connectivity index (χ1n) is 4.57. The van der Waals surface area contributed by atoms with Crippen LogP contribution in [-0.2, 0) is 0 Å². The molecule has 0 amide bonds. The van der Waals surface area contributed by atoms with Gasteiger partial charge in [0.2, 0.25) is 5.82 Å². The Morgan fingerprint density at radius 1 is 0.750 bits per heavy atom. The Balaban J connectivity index is 2.57. The minimum Gasteiger partial charge on any atom is -0.231 e. The summed E-state index contributed by atoms with van der Waals surface area (Å²) >= 11 is 11.6. The van der Waals surface area contributed by atoms with E-state index in [-0.39, 0.29) is 10.3 Å². The van der Waals surface area contributed by atoms with E-state index in [1.165, 1.54) is 6.07 Å². The average Bonchev–Trinajstić information content (AvgIpc) is 2.14. The molecule has 0 bridgehead atoms. The first-order chi connectivity index (χ1) is 7.54. The van der Waals surface area contributed by atoms with E-state index in [2.05, 4.69) is 19.9 Å². The fourth-order valence-electron chi connectivity index (χ4n) is 1.32. The summed E-state index contributed by atoms with van der Waals surface area (Å²) in [6.07, 6.45) is 0. The standard InChI is InChI=1S/C10H8Cl2N4/c1-5-3-6(2)14-9(13-5)10-15-7(11)4-8(12)16-10/h3-4H,1-2H3. The quantitative estimate of drug-likeness (QED) is 0.735. The molecule has 0 spiro atoms. The predicted molar refractivity (Wildman–Crippen MR) is 62.6 cm³/mol. The summed E-state index contributed by atoms with van der Waals surface area (Å²) in [6, 6.07) is 3.34. The number of hydrogen-bond acceptors (Lipinski definition) is 4. The van der Waals surface area contributed by atoms with Gasteiger partial charge in [0.25, 0.3) is 0 Å². The summed E-state index contributed by atoms with van der Waals surface area (Å²) in [4.78, 5) is 16.5. The Bertz CT molecular complexity index is 452. The van der Waals surface area contributed by atoms with E-state index >= 15 is 0 Å². The summed E-state index contributed by atoms with van der Waals surface area (Å²) in [5.74, 6) is 0.770. The van der Waals surface area contributed by atoms with Crippen LogP contribution in [0.25, 0.3) is 11.6 Å². The van der Waals surface area contributed by atoms with Gasteiger partial charge in [-0.25, -0.2) is 19.9 Å². The summed E-state index contributed by atoms with van der Waals surface area (Å²) in [5, 5.41) is 0.551. The maximum atomic E-state index is 5.79. The van der Waals surface area contributed by atoms with Crippen molar-refractivity contribution < 1.29 is 0 Å². The van der Waals surface area contributed by atoms with Crippen LogP contribution >= 0.6 is 23.2 Å². The molecule has 0 aliphatic rings. The minimum absolute atomic E-state index is 0.276. The summed E-state index contributed by atoms with van der Waals surface area (Å²) in [5.41, 5.74) is 1.70. The van der Waals surface area contributed by atoms with Crippen LogP contribution in [0.5, 0.6) is 0 Å². The Kier molecular flexibility index (Phi) is 3.03. The van der Waals surface area contributed by atoms with Gasteiger partial charge in [-0.15, -0.1) is 0 Å². The molecule has 2 rings (SSSR count). The summed E-state index contributed by atoms with van der Waals surface area (Å²) in [6.45, 7) is 3.76. The van der Waals surface area contributed by atoms with Gasteiger partial charge in [0.05, 0.1) is 0 Å². The minimum atomic E-state index is 0.276. The first-order valence-corrected chi connectivity index (χ1v) is 5.33. The summed E-state index contributed by atoms with van der Waals surface area (Å²) in [7, 11) is 0. The van der Waals surface area contributed by atoms with Gasteiger partial charge in [0.15, 0.2) is 5.82 Å². The van der Waals surface area contributed by atoms with E-state index in [1.54, 1.807) is 0 Å². The van der Waals surface area contributed by atoms with Gasteiger partial charge in [-0.3, -0.25) is 0 Å². The highest BCUT2D eigenvalue weighted by Crippen LogP contribution is 2.17. The van der Waals surface area contributed by atoms with Crippen LogP contribution in [0.1, 0.15) is 11.4 Å². The lowest BCUT2D eigenvalue weighted by molar-refractivity contribution is 1.02. The molecule has 0 saturated heterocycles. The molecule has 0 fully saturated rings. The SMILES string of the molecule is Cc1cc(C)nc(-c2nc(Cl)cc(Cl)n2)n1. The second-order valence-electron chi connectivity index (χ2n) is 3.31. The van der Waals surface area contributed by atoms with E-state index in [0.29, 0.717) is 11.6 Å².